The second-order valence-corrected chi connectivity index (χ2v) is 8.86. The van der Waals surface area contributed by atoms with Gasteiger partial charge < -0.3 is 14.2 Å². The smallest absolute Gasteiger partial charge is 0.346 e. The molecular formula is C23H22N4O6S2. The van der Waals surface area contributed by atoms with E-state index < -0.39 is 25.6 Å². The van der Waals surface area contributed by atoms with Crippen molar-refractivity contribution in [2.75, 3.05) is 6.61 Å². The molecule has 0 aliphatic rings. The van der Waals surface area contributed by atoms with Gasteiger partial charge in [-0.15, -0.1) is 0 Å². The van der Waals surface area contributed by atoms with Crippen molar-refractivity contribution in [3.8, 4) is 11.5 Å². The summed E-state index contributed by atoms with van der Waals surface area (Å²) in [6.45, 7) is 2.49. The molecule has 0 aliphatic carbocycles. The highest BCUT2D eigenvalue weighted by molar-refractivity contribution is 7.87. The summed E-state index contributed by atoms with van der Waals surface area (Å²) >= 11 is 5.20. The number of ether oxygens (including phenoxy) is 1. The number of nitro benzene ring substituents is 1. The topological polar surface area (TPSA) is 132 Å². The number of nitrogens with zero attached hydrogens (tertiary/aromatic N) is 2. The van der Waals surface area contributed by atoms with Crippen molar-refractivity contribution < 1.29 is 22.3 Å². The average molecular weight is 515 g/mol. The third-order valence-electron chi connectivity index (χ3n) is 4.47. The Labute approximate surface area is 207 Å². The molecule has 0 amide bonds. The minimum absolute atomic E-state index is 0.116. The van der Waals surface area contributed by atoms with E-state index in [9.17, 15) is 18.5 Å². The number of hydrogen-bond acceptors (Lipinski definition) is 8. The van der Waals surface area contributed by atoms with Crippen LogP contribution in [0.1, 0.15) is 18.1 Å². The van der Waals surface area contributed by atoms with Gasteiger partial charge in [-0.3, -0.25) is 15.5 Å². The van der Waals surface area contributed by atoms with Gasteiger partial charge >= 0.3 is 10.1 Å². The second kappa shape index (κ2) is 11.9. The fourth-order valence-corrected chi connectivity index (χ4v) is 4.14. The fourth-order valence-electron chi connectivity index (χ4n) is 2.91. The number of hydrogen-bond donors (Lipinski definition) is 2. The van der Waals surface area contributed by atoms with E-state index in [0.717, 1.165) is 17.7 Å². The Morgan fingerprint density at radius 2 is 1.80 bits per heavy atom. The van der Waals surface area contributed by atoms with E-state index in [1.165, 1.54) is 30.5 Å². The predicted molar refractivity (Wildman–Crippen MR) is 135 cm³/mol. The van der Waals surface area contributed by atoms with Gasteiger partial charge in [-0.05, 0) is 54.5 Å². The molecule has 0 radical (unpaired) electrons. The predicted octanol–water partition coefficient (Wildman–Crippen LogP) is 3.76. The first-order chi connectivity index (χ1) is 16.8. The van der Waals surface area contributed by atoms with Crippen LogP contribution in [0.15, 0.2) is 82.8 Å². The fraction of sp³-hybridized carbons (Fsp3) is 0.130. The number of nitrogens with one attached hydrogen (secondary N) is 2. The number of benzene rings is 3. The lowest BCUT2D eigenvalue weighted by atomic mass is 10.2. The van der Waals surface area contributed by atoms with Gasteiger partial charge in [0.1, 0.15) is 0 Å². The maximum Gasteiger partial charge on any atom is 0.346 e. The van der Waals surface area contributed by atoms with Gasteiger partial charge in [-0.1, -0.05) is 42.5 Å². The Kier molecular flexibility index (Phi) is 8.70. The van der Waals surface area contributed by atoms with Gasteiger partial charge in [0.25, 0.3) is 5.69 Å². The third-order valence-corrected chi connectivity index (χ3v) is 5.99. The summed E-state index contributed by atoms with van der Waals surface area (Å²) in [7, 11) is -4.49. The zero-order valence-corrected chi connectivity index (χ0v) is 20.2. The number of para-hydroxylation sites is 1. The molecule has 0 atom stereocenters. The van der Waals surface area contributed by atoms with Crippen LogP contribution >= 0.6 is 12.2 Å². The van der Waals surface area contributed by atoms with Gasteiger partial charge in [-0.25, -0.2) is 0 Å². The molecule has 0 saturated heterocycles. The van der Waals surface area contributed by atoms with Crippen molar-refractivity contribution in [3.05, 3.63) is 94.0 Å². The molecule has 35 heavy (non-hydrogen) atoms. The molecule has 0 fully saturated rings. The molecule has 0 bridgehead atoms. The first-order valence-corrected chi connectivity index (χ1v) is 12.2. The van der Waals surface area contributed by atoms with Gasteiger partial charge in [-0.2, -0.15) is 13.5 Å². The Morgan fingerprint density at radius 1 is 1.09 bits per heavy atom. The van der Waals surface area contributed by atoms with Crippen LogP contribution in [0.5, 0.6) is 11.5 Å². The molecule has 0 unspecified atom stereocenters. The van der Waals surface area contributed by atoms with Crippen LogP contribution in [0.3, 0.4) is 0 Å². The summed E-state index contributed by atoms with van der Waals surface area (Å²) in [5.41, 5.74) is 3.75. The summed E-state index contributed by atoms with van der Waals surface area (Å²) in [5.74, 6) is 0.0125. The zero-order valence-electron chi connectivity index (χ0n) is 18.6. The molecule has 0 aromatic heterocycles. The molecule has 2 N–H and O–H groups in total. The Bertz CT molecular complexity index is 1330. The van der Waals surface area contributed by atoms with E-state index >= 15 is 0 Å². The monoisotopic (exact) mass is 514 g/mol. The molecule has 0 aliphatic heterocycles. The number of thiocarbonyl (C=S) groups is 1. The lowest BCUT2D eigenvalue weighted by Gasteiger charge is -2.12. The SMILES string of the molecule is CCOc1cc(C=NNC(=S)NCc2ccccc2)ccc1OS(=O)(=O)c1ccccc1[N+](=O)[O-]. The van der Waals surface area contributed by atoms with Crippen molar-refractivity contribution in [2.24, 2.45) is 5.10 Å². The third kappa shape index (κ3) is 7.22. The molecule has 3 aromatic carbocycles. The summed E-state index contributed by atoms with van der Waals surface area (Å²) < 4.78 is 36.2. The summed E-state index contributed by atoms with van der Waals surface area (Å²) in [4.78, 5) is 9.88. The standard InChI is InChI=1S/C23H22N4O6S2/c1-2-32-21-14-18(16-25-26-23(34)24-15-17-8-4-3-5-9-17)12-13-20(21)33-35(30,31)22-11-7-6-10-19(22)27(28)29/h3-14,16H,2,15H2,1H3,(H2,24,26,34). The highest BCUT2D eigenvalue weighted by Gasteiger charge is 2.28. The molecule has 0 saturated carbocycles. The van der Waals surface area contributed by atoms with Gasteiger partial charge in [0.05, 0.1) is 17.7 Å². The zero-order chi connectivity index (χ0) is 25.3. The maximum atomic E-state index is 12.7. The first-order valence-electron chi connectivity index (χ1n) is 10.4. The van der Waals surface area contributed by atoms with Crippen LogP contribution in [0.2, 0.25) is 0 Å². The van der Waals surface area contributed by atoms with Gasteiger partial charge in [0.2, 0.25) is 0 Å². The average Bonchev–Trinajstić information content (AvgIpc) is 2.85. The summed E-state index contributed by atoms with van der Waals surface area (Å²) in [6, 6.07) is 19.1. The van der Waals surface area contributed by atoms with E-state index in [1.54, 1.807) is 13.0 Å². The van der Waals surface area contributed by atoms with Crippen molar-refractivity contribution in [2.45, 2.75) is 18.4 Å². The minimum Gasteiger partial charge on any atom is -0.490 e. The molecule has 182 valence electrons. The Balaban J connectivity index is 1.70. The quantitative estimate of drug-likeness (QED) is 0.136. The number of hydrazone groups is 1. The van der Waals surface area contributed by atoms with Crippen LogP contribution in [0, 0.1) is 10.1 Å². The number of nitro groups is 1. The van der Waals surface area contributed by atoms with E-state index in [-0.39, 0.29) is 18.1 Å². The van der Waals surface area contributed by atoms with Gasteiger partial charge in [0, 0.05) is 12.6 Å². The van der Waals surface area contributed by atoms with E-state index in [4.69, 9.17) is 21.1 Å². The van der Waals surface area contributed by atoms with E-state index in [2.05, 4.69) is 15.8 Å². The lowest BCUT2D eigenvalue weighted by molar-refractivity contribution is -0.387. The van der Waals surface area contributed by atoms with Crippen molar-refractivity contribution in [1.82, 2.24) is 10.7 Å². The molecule has 0 spiro atoms. The normalized spacial score (nSPS) is 11.1. The summed E-state index contributed by atoms with van der Waals surface area (Å²) in [6.07, 6.45) is 1.47. The first kappa shape index (κ1) is 25.6. The van der Waals surface area contributed by atoms with Crippen molar-refractivity contribution in [1.29, 1.82) is 0 Å². The van der Waals surface area contributed by atoms with E-state index in [1.807, 2.05) is 30.3 Å². The number of rotatable bonds is 10. The summed E-state index contributed by atoms with van der Waals surface area (Å²) in [5, 5.41) is 18.6. The minimum atomic E-state index is -4.49. The van der Waals surface area contributed by atoms with Crippen molar-refractivity contribution in [3.63, 3.8) is 0 Å². The van der Waals surface area contributed by atoms with Crippen LogP contribution in [-0.4, -0.2) is 31.3 Å². The van der Waals surface area contributed by atoms with E-state index in [0.29, 0.717) is 17.2 Å². The highest BCUT2D eigenvalue weighted by atomic mass is 32.2. The maximum absolute atomic E-state index is 12.7. The second-order valence-electron chi connectivity index (χ2n) is 6.94. The van der Waals surface area contributed by atoms with Gasteiger partial charge in [0.15, 0.2) is 21.5 Å². The van der Waals surface area contributed by atoms with Crippen LogP contribution in [-0.2, 0) is 16.7 Å². The molecule has 3 rings (SSSR count). The Hall–Kier alpha value is -4.03. The molecule has 0 heterocycles. The molecule has 3 aromatic rings. The van der Waals surface area contributed by atoms with Crippen LogP contribution in [0.4, 0.5) is 5.69 Å². The molecule has 10 nitrogen and oxygen atoms in total. The van der Waals surface area contributed by atoms with Crippen LogP contribution < -0.4 is 19.7 Å². The lowest BCUT2D eigenvalue weighted by Crippen LogP contribution is -2.31. The molecule has 12 heteroatoms. The Morgan fingerprint density at radius 3 is 2.51 bits per heavy atom. The largest absolute Gasteiger partial charge is 0.490 e. The molecular weight excluding hydrogens is 492 g/mol. The van der Waals surface area contributed by atoms with Crippen molar-refractivity contribution >= 4 is 39.4 Å². The van der Waals surface area contributed by atoms with Crippen LogP contribution in [0.25, 0.3) is 0 Å². The highest BCUT2D eigenvalue weighted by Crippen LogP contribution is 2.33.